The number of ether oxygens (including phenoxy) is 1. The SMILES string of the molecule is CCCOc1ccc(NC(=O)NCCNC(C)=O)cc1Cl. The summed E-state index contributed by atoms with van der Waals surface area (Å²) in [7, 11) is 0. The first-order chi connectivity index (χ1) is 10.0. The number of hydrogen-bond donors (Lipinski definition) is 3. The van der Waals surface area contributed by atoms with Crippen LogP contribution in [0.2, 0.25) is 5.02 Å². The number of urea groups is 1. The Morgan fingerprint density at radius 3 is 2.57 bits per heavy atom. The molecule has 6 nitrogen and oxygen atoms in total. The largest absolute Gasteiger partial charge is 0.492 e. The van der Waals surface area contributed by atoms with Crippen molar-refractivity contribution < 1.29 is 14.3 Å². The first-order valence-corrected chi connectivity index (χ1v) is 7.12. The van der Waals surface area contributed by atoms with E-state index in [1.807, 2.05) is 6.92 Å². The predicted octanol–water partition coefficient (Wildman–Crippen LogP) is 2.39. The van der Waals surface area contributed by atoms with Crippen LogP contribution in [0.1, 0.15) is 20.3 Å². The van der Waals surface area contributed by atoms with Crippen LogP contribution in [-0.4, -0.2) is 31.6 Å². The van der Waals surface area contributed by atoms with Gasteiger partial charge in [0, 0.05) is 25.7 Å². The molecule has 0 radical (unpaired) electrons. The molecule has 0 heterocycles. The fourth-order valence-corrected chi connectivity index (χ4v) is 1.73. The van der Waals surface area contributed by atoms with Crippen LogP contribution in [0.3, 0.4) is 0 Å². The molecule has 0 spiro atoms. The minimum absolute atomic E-state index is 0.133. The molecule has 1 aromatic rings. The molecule has 0 aliphatic carbocycles. The molecule has 0 bridgehead atoms. The van der Waals surface area contributed by atoms with Gasteiger partial charge in [0.2, 0.25) is 5.91 Å². The average molecular weight is 314 g/mol. The standard InChI is InChI=1S/C14H20ClN3O3/c1-3-8-21-13-5-4-11(9-12(13)15)18-14(20)17-7-6-16-10(2)19/h4-5,9H,3,6-8H2,1-2H3,(H,16,19)(H2,17,18,20). The summed E-state index contributed by atoms with van der Waals surface area (Å²) < 4.78 is 5.45. The van der Waals surface area contributed by atoms with Gasteiger partial charge in [-0.3, -0.25) is 4.79 Å². The molecule has 0 atom stereocenters. The van der Waals surface area contributed by atoms with Gasteiger partial charge < -0.3 is 20.7 Å². The van der Waals surface area contributed by atoms with Gasteiger partial charge in [0.05, 0.1) is 11.6 Å². The van der Waals surface area contributed by atoms with Crippen molar-refractivity contribution in [2.75, 3.05) is 25.0 Å². The number of carbonyl (C=O) groups is 2. The Labute approximate surface area is 129 Å². The van der Waals surface area contributed by atoms with Crippen LogP contribution in [0.15, 0.2) is 18.2 Å². The number of anilines is 1. The zero-order valence-electron chi connectivity index (χ0n) is 12.2. The lowest BCUT2D eigenvalue weighted by atomic mass is 10.3. The van der Waals surface area contributed by atoms with E-state index in [-0.39, 0.29) is 11.9 Å². The summed E-state index contributed by atoms with van der Waals surface area (Å²) in [6.07, 6.45) is 0.896. The van der Waals surface area contributed by atoms with Crippen molar-refractivity contribution in [2.45, 2.75) is 20.3 Å². The van der Waals surface area contributed by atoms with Gasteiger partial charge in [0.15, 0.2) is 0 Å². The molecule has 21 heavy (non-hydrogen) atoms. The van der Waals surface area contributed by atoms with E-state index in [4.69, 9.17) is 16.3 Å². The zero-order chi connectivity index (χ0) is 15.7. The lowest BCUT2D eigenvalue weighted by Gasteiger charge is -2.10. The third kappa shape index (κ3) is 6.85. The van der Waals surface area contributed by atoms with Gasteiger partial charge in [0.1, 0.15) is 5.75 Å². The van der Waals surface area contributed by atoms with Crippen molar-refractivity contribution in [1.29, 1.82) is 0 Å². The molecule has 7 heteroatoms. The minimum atomic E-state index is -0.362. The monoisotopic (exact) mass is 313 g/mol. The van der Waals surface area contributed by atoms with Crippen LogP contribution >= 0.6 is 11.6 Å². The van der Waals surface area contributed by atoms with Gasteiger partial charge >= 0.3 is 6.03 Å². The number of nitrogens with one attached hydrogen (secondary N) is 3. The zero-order valence-corrected chi connectivity index (χ0v) is 12.9. The van der Waals surface area contributed by atoms with Gasteiger partial charge in [-0.2, -0.15) is 0 Å². The number of amides is 3. The van der Waals surface area contributed by atoms with E-state index in [0.29, 0.717) is 36.2 Å². The van der Waals surface area contributed by atoms with E-state index in [1.54, 1.807) is 18.2 Å². The summed E-state index contributed by atoms with van der Waals surface area (Å²) in [6, 6.07) is 4.69. The van der Waals surface area contributed by atoms with Crippen LogP contribution in [-0.2, 0) is 4.79 Å². The predicted molar refractivity (Wildman–Crippen MR) is 82.9 cm³/mol. The number of halogens is 1. The van der Waals surface area contributed by atoms with Crippen LogP contribution in [0.5, 0.6) is 5.75 Å². The van der Waals surface area contributed by atoms with Crippen molar-refractivity contribution in [1.82, 2.24) is 10.6 Å². The Bertz CT molecular complexity index is 494. The Hall–Kier alpha value is -1.95. The molecular formula is C14H20ClN3O3. The van der Waals surface area contributed by atoms with Crippen LogP contribution < -0.4 is 20.7 Å². The summed E-state index contributed by atoms with van der Waals surface area (Å²) in [4.78, 5) is 22.3. The van der Waals surface area contributed by atoms with Crippen molar-refractivity contribution in [3.8, 4) is 5.75 Å². The summed E-state index contributed by atoms with van der Waals surface area (Å²) in [5, 5.41) is 8.29. The topological polar surface area (TPSA) is 79.5 Å². The molecule has 116 valence electrons. The Morgan fingerprint density at radius 1 is 1.24 bits per heavy atom. The number of benzene rings is 1. The molecule has 0 saturated carbocycles. The molecule has 0 aliphatic rings. The maximum absolute atomic E-state index is 11.6. The third-order valence-corrected chi connectivity index (χ3v) is 2.73. The second kappa shape index (κ2) is 9.07. The molecule has 1 rings (SSSR count). The maximum Gasteiger partial charge on any atom is 0.319 e. The van der Waals surface area contributed by atoms with E-state index in [1.165, 1.54) is 6.92 Å². The fourth-order valence-electron chi connectivity index (χ4n) is 1.50. The average Bonchev–Trinajstić information content (AvgIpc) is 2.42. The second-order valence-electron chi connectivity index (χ2n) is 4.36. The highest BCUT2D eigenvalue weighted by atomic mass is 35.5. The summed E-state index contributed by atoms with van der Waals surface area (Å²) in [6.45, 7) is 4.75. The summed E-state index contributed by atoms with van der Waals surface area (Å²) in [5.74, 6) is 0.460. The molecule has 3 amide bonds. The Kier molecular flexibility index (Phi) is 7.39. The second-order valence-corrected chi connectivity index (χ2v) is 4.76. The van der Waals surface area contributed by atoms with Crippen LogP contribution in [0.25, 0.3) is 0 Å². The Balaban J connectivity index is 2.42. The van der Waals surface area contributed by atoms with Crippen LogP contribution in [0, 0.1) is 0 Å². The van der Waals surface area contributed by atoms with Crippen molar-refractivity contribution in [2.24, 2.45) is 0 Å². The molecule has 0 aliphatic heterocycles. The number of rotatable bonds is 7. The van der Waals surface area contributed by atoms with Gasteiger partial charge in [-0.05, 0) is 24.6 Å². The molecule has 0 saturated heterocycles. The smallest absolute Gasteiger partial charge is 0.319 e. The van der Waals surface area contributed by atoms with E-state index < -0.39 is 0 Å². The first-order valence-electron chi connectivity index (χ1n) is 6.74. The molecule has 3 N–H and O–H groups in total. The maximum atomic E-state index is 11.6. The van der Waals surface area contributed by atoms with E-state index in [0.717, 1.165) is 6.42 Å². The lowest BCUT2D eigenvalue weighted by Crippen LogP contribution is -2.36. The fraction of sp³-hybridized carbons (Fsp3) is 0.429. The molecule has 0 fully saturated rings. The van der Waals surface area contributed by atoms with Crippen molar-refractivity contribution in [3.05, 3.63) is 23.2 Å². The lowest BCUT2D eigenvalue weighted by molar-refractivity contribution is -0.118. The van der Waals surface area contributed by atoms with Gasteiger partial charge in [0.25, 0.3) is 0 Å². The highest BCUT2D eigenvalue weighted by Crippen LogP contribution is 2.27. The third-order valence-electron chi connectivity index (χ3n) is 2.44. The molecule has 0 unspecified atom stereocenters. The highest BCUT2D eigenvalue weighted by Gasteiger charge is 2.05. The van der Waals surface area contributed by atoms with Gasteiger partial charge in [-0.15, -0.1) is 0 Å². The highest BCUT2D eigenvalue weighted by molar-refractivity contribution is 6.32. The van der Waals surface area contributed by atoms with Crippen LogP contribution in [0.4, 0.5) is 10.5 Å². The Morgan fingerprint density at radius 2 is 1.95 bits per heavy atom. The normalized spacial score (nSPS) is 9.86. The van der Waals surface area contributed by atoms with Gasteiger partial charge in [-0.25, -0.2) is 4.79 Å². The van der Waals surface area contributed by atoms with E-state index in [9.17, 15) is 9.59 Å². The van der Waals surface area contributed by atoms with E-state index >= 15 is 0 Å². The molecule has 1 aromatic carbocycles. The van der Waals surface area contributed by atoms with Crippen molar-refractivity contribution in [3.63, 3.8) is 0 Å². The van der Waals surface area contributed by atoms with E-state index in [2.05, 4.69) is 16.0 Å². The number of carbonyl (C=O) groups excluding carboxylic acids is 2. The molecular weight excluding hydrogens is 294 g/mol. The number of hydrogen-bond acceptors (Lipinski definition) is 3. The summed E-state index contributed by atoms with van der Waals surface area (Å²) >= 11 is 6.07. The first kappa shape index (κ1) is 17.1. The quantitative estimate of drug-likeness (QED) is 0.676. The summed E-state index contributed by atoms with van der Waals surface area (Å²) in [5.41, 5.74) is 0.570. The van der Waals surface area contributed by atoms with Gasteiger partial charge in [-0.1, -0.05) is 18.5 Å². The van der Waals surface area contributed by atoms with Crippen molar-refractivity contribution >= 4 is 29.2 Å². The minimum Gasteiger partial charge on any atom is -0.492 e. The molecule has 0 aromatic heterocycles.